The molecule has 1 aliphatic carbocycles. The molecule has 0 radical (unpaired) electrons. The number of hydrogen-bond donors (Lipinski definition) is 0. The van der Waals surface area contributed by atoms with Gasteiger partial charge in [0.15, 0.2) is 0 Å². The van der Waals surface area contributed by atoms with Crippen LogP contribution in [0, 0.1) is 17.3 Å². The van der Waals surface area contributed by atoms with Gasteiger partial charge >= 0.3 is 12.1 Å². The summed E-state index contributed by atoms with van der Waals surface area (Å²) in [5.41, 5.74) is -0.698. The Morgan fingerprint density at radius 1 is 1.07 bits per heavy atom. The predicted molar refractivity (Wildman–Crippen MR) is 95.2 cm³/mol. The van der Waals surface area contributed by atoms with Crippen LogP contribution in [0.5, 0.6) is 0 Å². The number of amides is 1. The molecule has 0 spiro atoms. The number of rotatable bonds is 4. The van der Waals surface area contributed by atoms with Gasteiger partial charge in [-0.1, -0.05) is 0 Å². The van der Waals surface area contributed by atoms with E-state index in [0.717, 1.165) is 19.4 Å². The number of carbonyl (C=O) groups excluding carboxylic acids is 2. The van der Waals surface area contributed by atoms with Crippen LogP contribution in [-0.2, 0) is 14.3 Å². The van der Waals surface area contributed by atoms with Crippen LogP contribution < -0.4 is 0 Å². The molecule has 5 atom stereocenters. The van der Waals surface area contributed by atoms with E-state index in [1.54, 1.807) is 20.8 Å². The predicted octanol–water partition coefficient (Wildman–Crippen LogP) is 2.98. The summed E-state index contributed by atoms with van der Waals surface area (Å²) in [6.07, 6.45) is -2.53. The highest BCUT2D eigenvalue weighted by Gasteiger charge is 2.61. The summed E-state index contributed by atoms with van der Waals surface area (Å²) in [4.78, 5) is 28.9. The summed E-state index contributed by atoms with van der Waals surface area (Å²) < 4.78 is 44.6. The zero-order valence-corrected chi connectivity index (χ0v) is 16.7. The lowest BCUT2D eigenvalue weighted by Crippen LogP contribution is -2.58. The summed E-state index contributed by atoms with van der Waals surface area (Å²) >= 11 is 0. The molecule has 4 aliphatic rings. The molecule has 0 N–H and O–H groups in total. The summed E-state index contributed by atoms with van der Waals surface area (Å²) in [5, 5.41) is 0. The number of hydrogen-bond acceptors (Lipinski definition) is 4. The number of carbonyl (C=O) groups is 2. The van der Waals surface area contributed by atoms with Crippen LogP contribution in [0.4, 0.5) is 13.2 Å². The topological polar surface area (TPSA) is 49.9 Å². The highest BCUT2D eigenvalue weighted by atomic mass is 19.4. The number of nitrogens with zero attached hydrogens (tertiary/aromatic N) is 2. The molecule has 0 aromatic carbocycles. The first-order valence-electron chi connectivity index (χ1n) is 10.3. The van der Waals surface area contributed by atoms with E-state index in [1.165, 1.54) is 17.7 Å². The Morgan fingerprint density at radius 3 is 2.29 bits per heavy atom. The normalized spacial score (nSPS) is 35.4. The number of esters is 1. The van der Waals surface area contributed by atoms with E-state index in [-0.39, 0.29) is 24.0 Å². The standard InChI is InChI=1S/C20H29F3N2O3/c1-19(2,3)18(27)28-17-14-7-12-6-13(24(14)9-11-4-5-11)16(17)25(10-12)15(26)8-20(21,22)23/h11-14,16-17H,4-10H2,1-3H3/t12-,13-,14+,16?,17+/m1/s1. The Bertz CT molecular complexity index is 656. The quantitative estimate of drug-likeness (QED) is 0.679. The van der Waals surface area contributed by atoms with Crippen LogP contribution in [0.3, 0.4) is 0 Å². The monoisotopic (exact) mass is 402 g/mol. The summed E-state index contributed by atoms with van der Waals surface area (Å²) in [7, 11) is 0. The number of ether oxygens (including phenoxy) is 1. The maximum Gasteiger partial charge on any atom is 0.397 e. The van der Waals surface area contributed by atoms with Crippen molar-refractivity contribution < 1.29 is 27.5 Å². The van der Waals surface area contributed by atoms with E-state index in [1.807, 2.05) is 0 Å². The van der Waals surface area contributed by atoms with Gasteiger partial charge in [-0.2, -0.15) is 13.2 Å². The first kappa shape index (κ1) is 20.0. The van der Waals surface area contributed by atoms with Crippen molar-refractivity contribution in [3.63, 3.8) is 0 Å². The third-order valence-electron chi connectivity index (χ3n) is 6.62. The van der Waals surface area contributed by atoms with E-state index in [9.17, 15) is 22.8 Å². The van der Waals surface area contributed by atoms with E-state index in [4.69, 9.17) is 4.74 Å². The third-order valence-corrected chi connectivity index (χ3v) is 6.62. The van der Waals surface area contributed by atoms with Crippen LogP contribution in [0.25, 0.3) is 0 Å². The highest BCUT2D eigenvalue weighted by molar-refractivity contribution is 5.78. The van der Waals surface area contributed by atoms with Crippen molar-refractivity contribution in [2.45, 2.75) is 83.3 Å². The van der Waals surface area contributed by atoms with Crippen LogP contribution in [0.15, 0.2) is 0 Å². The second kappa shape index (κ2) is 6.61. The molecule has 0 aromatic heterocycles. The van der Waals surface area contributed by atoms with E-state index >= 15 is 0 Å². The molecule has 3 saturated heterocycles. The molecule has 3 aliphatic heterocycles. The molecule has 3 heterocycles. The van der Waals surface area contributed by atoms with Gasteiger partial charge in [0.25, 0.3) is 0 Å². The molecule has 158 valence electrons. The molecule has 8 heteroatoms. The molecule has 4 rings (SSSR count). The van der Waals surface area contributed by atoms with Gasteiger partial charge in [0, 0.05) is 25.2 Å². The summed E-state index contributed by atoms with van der Waals surface area (Å²) in [5.74, 6) is -0.448. The first-order valence-corrected chi connectivity index (χ1v) is 10.3. The van der Waals surface area contributed by atoms with Crippen LogP contribution in [-0.4, -0.2) is 65.2 Å². The first-order chi connectivity index (χ1) is 12.9. The minimum absolute atomic E-state index is 0.00402. The van der Waals surface area contributed by atoms with Gasteiger partial charge in [-0.05, 0) is 58.3 Å². The number of likely N-dealkylation sites (tertiary alicyclic amines) is 1. The Labute approximate surface area is 163 Å². The number of halogens is 3. The van der Waals surface area contributed by atoms with Crippen molar-refractivity contribution in [3.8, 4) is 0 Å². The fraction of sp³-hybridized carbons (Fsp3) is 0.900. The lowest BCUT2D eigenvalue weighted by Gasteiger charge is -2.46. The van der Waals surface area contributed by atoms with Crippen LogP contribution >= 0.6 is 0 Å². The summed E-state index contributed by atoms with van der Waals surface area (Å²) in [6, 6.07) is -0.471. The number of alkyl halides is 3. The van der Waals surface area contributed by atoms with Crippen molar-refractivity contribution in [2.75, 3.05) is 13.1 Å². The van der Waals surface area contributed by atoms with Crippen LogP contribution in [0.2, 0.25) is 0 Å². The molecule has 1 unspecified atom stereocenters. The Balaban J connectivity index is 1.62. The van der Waals surface area contributed by atoms with Gasteiger partial charge in [-0.3, -0.25) is 14.5 Å². The summed E-state index contributed by atoms with van der Waals surface area (Å²) in [6.45, 7) is 6.53. The van der Waals surface area contributed by atoms with Gasteiger partial charge in [0.05, 0.1) is 11.5 Å². The van der Waals surface area contributed by atoms with Crippen molar-refractivity contribution in [2.24, 2.45) is 17.3 Å². The van der Waals surface area contributed by atoms with Gasteiger partial charge < -0.3 is 9.64 Å². The lowest BCUT2D eigenvalue weighted by molar-refractivity contribution is -0.171. The molecule has 1 amide bonds. The maximum absolute atomic E-state index is 12.9. The molecular formula is C20H29F3N2O3. The molecule has 0 aromatic rings. The SMILES string of the molecule is CC(C)(C)C(=O)O[C@@H]1C2[C@H]3C[C@H](C[C@@H]1N3CC1CC1)CN2C(=O)CC(F)(F)F. The minimum atomic E-state index is -4.53. The van der Waals surface area contributed by atoms with Gasteiger partial charge in [0.1, 0.15) is 12.5 Å². The highest BCUT2D eigenvalue weighted by Crippen LogP contribution is 2.49. The molecule has 1 saturated carbocycles. The zero-order valence-electron chi connectivity index (χ0n) is 16.7. The maximum atomic E-state index is 12.9. The fourth-order valence-corrected chi connectivity index (χ4v) is 5.19. The zero-order chi connectivity index (χ0) is 20.4. The molecule has 5 nitrogen and oxygen atoms in total. The minimum Gasteiger partial charge on any atom is -0.458 e. The number of fused-ring (bicyclic) bond motifs is 2. The second-order valence-electron chi connectivity index (χ2n) is 10.1. The third kappa shape index (κ3) is 3.76. The van der Waals surface area contributed by atoms with Crippen molar-refractivity contribution >= 4 is 11.9 Å². The Hall–Kier alpha value is -1.31. The molecular weight excluding hydrogens is 373 g/mol. The van der Waals surface area contributed by atoms with Crippen molar-refractivity contribution in [1.29, 1.82) is 0 Å². The Kier molecular flexibility index (Phi) is 4.71. The van der Waals surface area contributed by atoms with Gasteiger partial charge in [-0.25, -0.2) is 0 Å². The molecule has 4 fully saturated rings. The van der Waals surface area contributed by atoms with Crippen molar-refractivity contribution in [1.82, 2.24) is 9.80 Å². The average Bonchev–Trinajstić information content (AvgIpc) is 3.34. The largest absolute Gasteiger partial charge is 0.458 e. The van der Waals surface area contributed by atoms with E-state index in [2.05, 4.69) is 4.90 Å². The molecule has 28 heavy (non-hydrogen) atoms. The van der Waals surface area contributed by atoms with E-state index in [0.29, 0.717) is 12.5 Å². The smallest absolute Gasteiger partial charge is 0.397 e. The van der Waals surface area contributed by atoms with Gasteiger partial charge in [-0.15, -0.1) is 0 Å². The second-order valence-corrected chi connectivity index (χ2v) is 10.1. The number of piperidine rings is 2. The lowest BCUT2D eigenvalue weighted by atomic mass is 9.86. The molecule has 3 bridgehead atoms. The van der Waals surface area contributed by atoms with E-state index < -0.39 is 36.1 Å². The fourth-order valence-electron chi connectivity index (χ4n) is 5.19. The van der Waals surface area contributed by atoms with Gasteiger partial charge in [0.2, 0.25) is 5.91 Å². The average molecular weight is 402 g/mol. The van der Waals surface area contributed by atoms with Crippen molar-refractivity contribution in [3.05, 3.63) is 0 Å². The Morgan fingerprint density at radius 2 is 1.71 bits per heavy atom. The van der Waals surface area contributed by atoms with Crippen LogP contribution in [0.1, 0.15) is 52.9 Å².